The number of ketones is 3. The molecule has 2 atom stereocenters. The smallest absolute Gasteiger partial charge is 0.226 e. The minimum absolute atomic E-state index is 0.0799. The fourth-order valence-electron chi connectivity index (χ4n) is 5.87. The largest absolute Gasteiger partial charge is 0.492 e. The number of pyridine rings is 1. The normalized spacial score (nSPS) is 23.3. The minimum Gasteiger partial charge on any atom is -0.492 e. The fourth-order valence-corrected chi connectivity index (χ4v) is 5.87. The molecule has 0 spiro atoms. The molecule has 0 radical (unpaired) electrons. The fraction of sp³-hybridized carbons (Fsp3) is 0.379. The molecule has 0 amide bonds. The van der Waals surface area contributed by atoms with Crippen LogP contribution in [-0.2, 0) is 9.59 Å². The van der Waals surface area contributed by atoms with E-state index in [-0.39, 0.29) is 17.0 Å². The van der Waals surface area contributed by atoms with E-state index in [0.29, 0.717) is 47.6 Å². The number of nitrogens with one attached hydrogen (secondary N) is 1. The first-order valence-corrected chi connectivity index (χ1v) is 13.0. The highest BCUT2D eigenvalue weighted by Crippen LogP contribution is 2.45. The SMILES string of the molecule is COc1c(N2CC3CCCNC3C2)c(F)cc2c(=O)c(C(=O)C=CC3=CC(=O)C(=O)C=C3)cn(C3CC3)c12. The number of ether oxygens (including phenoxy) is 1. The minimum atomic E-state index is -0.673. The first-order chi connectivity index (χ1) is 18.4. The molecule has 2 aromatic rings. The molecule has 1 aromatic heterocycles. The van der Waals surface area contributed by atoms with Crippen LogP contribution in [-0.4, -0.2) is 54.7 Å². The molecule has 2 saturated heterocycles. The van der Waals surface area contributed by atoms with Crippen LogP contribution in [0.15, 0.2) is 53.0 Å². The van der Waals surface area contributed by atoms with Crippen molar-refractivity contribution in [1.82, 2.24) is 9.88 Å². The molecule has 2 unspecified atom stereocenters. The predicted octanol–water partition coefficient (Wildman–Crippen LogP) is 3.05. The van der Waals surface area contributed by atoms with Crippen LogP contribution >= 0.6 is 0 Å². The van der Waals surface area contributed by atoms with Crippen molar-refractivity contribution in [2.45, 2.75) is 37.8 Å². The van der Waals surface area contributed by atoms with E-state index in [1.165, 1.54) is 31.4 Å². The van der Waals surface area contributed by atoms with E-state index in [1.807, 2.05) is 9.47 Å². The number of rotatable bonds is 6. The van der Waals surface area contributed by atoms with Crippen molar-refractivity contribution in [3.63, 3.8) is 0 Å². The summed E-state index contributed by atoms with van der Waals surface area (Å²) in [4.78, 5) is 51.7. The maximum atomic E-state index is 15.8. The molecule has 196 valence electrons. The van der Waals surface area contributed by atoms with Crippen molar-refractivity contribution >= 4 is 33.9 Å². The lowest BCUT2D eigenvalue weighted by atomic mass is 9.94. The van der Waals surface area contributed by atoms with Crippen LogP contribution in [0.25, 0.3) is 10.9 Å². The maximum Gasteiger partial charge on any atom is 0.226 e. The zero-order valence-corrected chi connectivity index (χ0v) is 21.0. The molecule has 1 saturated carbocycles. The van der Waals surface area contributed by atoms with Gasteiger partial charge in [-0.1, -0.05) is 12.2 Å². The second-order valence-electron chi connectivity index (χ2n) is 10.4. The van der Waals surface area contributed by atoms with E-state index < -0.39 is 28.6 Å². The molecule has 1 aromatic carbocycles. The van der Waals surface area contributed by atoms with Gasteiger partial charge in [-0.2, -0.15) is 0 Å². The Morgan fingerprint density at radius 3 is 2.66 bits per heavy atom. The standard InChI is InChI=1S/C29H28FN3O5/c1-38-29-26-19(12-21(30)27(29)32-13-17-3-2-10-31-22(17)15-32)28(37)20(14-33(26)18-6-7-18)23(34)8-4-16-5-9-24(35)25(36)11-16/h4-5,8-9,11-12,14,17-18,22,31H,2-3,6-7,10,13,15H2,1H3. The Balaban J connectivity index is 1.43. The number of carbonyl (C=O) groups is 3. The Kier molecular flexibility index (Phi) is 6.10. The van der Waals surface area contributed by atoms with Crippen molar-refractivity contribution in [1.29, 1.82) is 0 Å². The number of hydrogen-bond donors (Lipinski definition) is 1. The molecular formula is C29H28FN3O5. The molecule has 8 nitrogen and oxygen atoms in total. The first kappa shape index (κ1) is 24.5. The van der Waals surface area contributed by atoms with Gasteiger partial charge in [0, 0.05) is 31.4 Å². The number of hydrogen-bond acceptors (Lipinski definition) is 7. The molecule has 0 bridgehead atoms. The van der Waals surface area contributed by atoms with Gasteiger partial charge in [-0.05, 0) is 68.0 Å². The van der Waals surface area contributed by atoms with Gasteiger partial charge in [0.1, 0.15) is 5.69 Å². The Morgan fingerprint density at radius 1 is 1.13 bits per heavy atom. The summed E-state index contributed by atoms with van der Waals surface area (Å²) in [5.41, 5.74) is 0.575. The average molecular weight is 518 g/mol. The zero-order valence-electron chi connectivity index (χ0n) is 21.0. The summed E-state index contributed by atoms with van der Waals surface area (Å²) < 4.78 is 23.4. The van der Waals surface area contributed by atoms with Crippen LogP contribution < -0.4 is 20.4 Å². The van der Waals surface area contributed by atoms with Gasteiger partial charge >= 0.3 is 0 Å². The molecule has 3 fully saturated rings. The third kappa shape index (κ3) is 4.20. The number of halogens is 1. The van der Waals surface area contributed by atoms with Gasteiger partial charge in [0.25, 0.3) is 0 Å². The zero-order chi connectivity index (χ0) is 26.6. The van der Waals surface area contributed by atoms with Crippen LogP contribution in [0.1, 0.15) is 42.1 Å². The van der Waals surface area contributed by atoms with E-state index in [9.17, 15) is 19.2 Å². The number of carbonyl (C=O) groups excluding carboxylic acids is 3. The third-order valence-corrected chi connectivity index (χ3v) is 7.92. The number of anilines is 1. The lowest BCUT2D eigenvalue weighted by Gasteiger charge is -2.25. The van der Waals surface area contributed by atoms with Crippen molar-refractivity contribution in [2.24, 2.45) is 5.92 Å². The van der Waals surface area contributed by atoms with E-state index in [2.05, 4.69) is 5.32 Å². The van der Waals surface area contributed by atoms with Gasteiger partial charge in [-0.3, -0.25) is 19.2 Å². The molecule has 2 aliphatic carbocycles. The van der Waals surface area contributed by atoms with Gasteiger partial charge in [0.15, 0.2) is 17.3 Å². The lowest BCUT2D eigenvalue weighted by Crippen LogP contribution is -2.40. The Morgan fingerprint density at radius 2 is 1.95 bits per heavy atom. The summed E-state index contributed by atoms with van der Waals surface area (Å²) >= 11 is 0. The third-order valence-electron chi connectivity index (χ3n) is 7.92. The number of methoxy groups -OCH3 is 1. The van der Waals surface area contributed by atoms with Gasteiger partial charge in [-0.15, -0.1) is 0 Å². The summed E-state index contributed by atoms with van der Waals surface area (Å²) in [7, 11) is 1.49. The Labute approximate surface area is 218 Å². The van der Waals surface area contributed by atoms with Crippen LogP contribution in [0.2, 0.25) is 0 Å². The summed E-state index contributed by atoms with van der Waals surface area (Å²) in [6.07, 6.45) is 11.8. The second-order valence-corrected chi connectivity index (χ2v) is 10.4. The Bertz CT molecular complexity index is 1520. The van der Waals surface area contributed by atoms with Gasteiger partial charge < -0.3 is 19.5 Å². The second kappa shape index (κ2) is 9.47. The van der Waals surface area contributed by atoms with E-state index in [0.717, 1.165) is 44.4 Å². The highest BCUT2D eigenvalue weighted by atomic mass is 19.1. The monoisotopic (exact) mass is 517 g/mol. The van der Waals surface area contributed by atoms with Crippen molar-refractivity contribution in [3.05, 3.63) is 69.8 Å². The quantitative estimate of drug-likeness (QED) is 0.272. The summed E-state index contributed by atoms with van der Waals surface area (Å²) in [6.45, 7) is 2.33. The van der Waals surface area contributed by atoms with Crippen LogP contribution in [0.5, 0.6) is 5.75 Å². The molecule has 1 N–H and O–H groups in total. The molecule has 3 heterocycles. The van der Waals surface area contributed by atoms with Gasteiger partial charge in [0.05, 0.1) is 23.6 Å². The van der Waals surface area contributed by atoms with E-state index in [4.69, 9.17) is 4.74 Å². The number of piperidine rings is 1. The number of aromatic nitrogens is 1. The van der Waals surface area contributed by atoms with E-state index in [1.54, 1.807) is 6.20 Å². The Hall–Kier alpha value is -3.85. The number of nitrogens with zero attached hydrogens (tertiary/aromatic N) is 2. The topological polar surface area (TPSA) is 97.7 Å². The van der Waals surface area contributed by atoms with Crippen molar-refractivity contribution < 1.29 is 23.5 Å². The summed E-state index contributed by atoms with van der Waals surface area (Å²) in [6, 6.07) is 1.61. The van der Waals surface area contributed by atoms with Gasteiger partial charge in [0.2, 0.25) is 17.0 Å². The highest BCUT2D eigenvalue weighted by Gasteiger charge is 2.38. The molecule has 9 heteroatoms. The molecule has 2 aliphatic heterocycles. The molecule has 38 heavy (non-hydrogen) atoms. The summed E-state index contributed by atoms with van der Waals surface area (Å²) in [5, 5.41) is 3.63. The first-order valence-electron chi connectivity index (χ1n) is 13.0. The highest BCUT2D eigenvalue weighted by molar-refractivity contribution is 6.46. The van der Waals surface area contributed by atoms with Gasteiger partial charge in [-0.25, -0.2) is 4.39 Å². The number of benzene rings is 1. The number of fused-ring (bicyclic) bond motifs is 2. The number of allylic oxidation sites excluding steroid dienone is 6. The molecule has 4 aliphatic rings. The van der Waals surface area contributed by atoms with Crippen LogP contribution in [0, 0.1) is 11.7 Å². The van der Waals surface area contributed by atoms with Crippen LogP contribution in [0.3, 0.4) is 0 Å². The average Bonchev–Trinajstić information content (AvgIpc) is 3.67. The van der Waals surface area contributed by atoms with Crippen LogP contribution in [0.4, 0.5) is 10.1 Å². The molecule has 6 rings (SSSR count). The van der Waals surface area contributed by atoms with E-state index >= 15 is 4.39 Å². The van der Waals surface area contributed by atoms with Crippen molar-refractivity contribution in [2.75, 3.05) is 31.6 Å². The molecular weight excluding hydrogens is 489 g/mol. The van der Waals surface area contributed by atoms with Crippen molar-refractivity contribution in [3.8, 4) is 5.75 Å². The summed E-state index contributed by atoms with van der Waals surface area (Å²) in [5.74, 6) is -1.67. The predicted molar refractivity (Wildman–Crippen MR) is 140 cm³/mol. The maximum absolute atomic E-state index is 15.8. The lowest BCUT2D eigenvalue weighted by molar-refractivity contribution is -0.131.